The molecule has 0 saturated carbocycles. The van der Waals surface area contributed by atoms with Crippen LogP contribution < -0.4 is 24.8 Å². The fraction of sp³-hybridized carbons (Fsp3) is 0.208. The van der Waals surface area contributed by atoms with E-state index in [4.69, 9.17) is 14.2 Å². The number of nitrogens with zero attached hydrogens (tertiary/aromatic N) is 1. The summed E-state index contributed by atoms with van der Waals surface area (Å²) in [4.78, 5) is 28.7. The molecule has 2 amide bonds. The van der Waals surface area contributed by atoms with Crippen LogP contribution in [-0.2, 0) is 4.79 Å². The summed E-state index contributed by atoms with van der Waals surface area (Å²) in [6, 6.07) is 13.9. The molecule has 0 radical (unpaired) electrons. The van der Waals surface area contributed by atoms with Gasteiger partial charge in [0.15, 0.2) is 11.5 Å². The minimum absolute atomic E-state index is 0.200. The van der Waals surface area contributed by atoms with Crippen LogP contribution in [0.4, 0.5) is 5.69 Å². The predicted octanol–water partition coefficient (Wildman–Crippen LogP) is 3.88. The molecule has 8 heteroatoms. The van der Waals surface area contributed by atoms with Crippen LogP contribution in [0.25, 0.3) is 0 Å². The van der Waals surface area contributed by atoms with Gasteiger partial charge < -0.3 is 24.8 Å². The third-order valence-corrected chi connectivity index (χ3v) is 4.78. The number of carbonyl (C=O) groups is 2. The van der Waals surface area contributed by atoms with Crippen molar-refractivity contribution >= 4 is 17.5 Å². The fourth-order valence-corrected chi connectivity index (χ4v) is 2.86. The molecule has 1 heterocycles. The Hall–Kier alpha value is -4.07. The first-order chi connectivity index (χ1) is 15.4. The van der Waals surface area contributed by atoms with Gasteiger partial charge in [-0.05, 0) is 61.4 Å². The summed E-state index contributed by atoms with van der Waals surface area (Å²) in [5, 5.41) is 5.25. The number of nitrogens with one attached hydrogen (secondary N) is 2. The van der Waals surface area contributed by atoms with Crippen molar-refractivity contribution in [1.29, 1.82) is 0 Å². The molecule has 32 heavy (non-hydrogen) atoms. The third kappa shape index (κ3) is 5.75. The van der Waals surface area contributed by atoms with Crippen molar-refractivity contribution in [2.75, 3.05) is 26.1 Å². The summed E-state index contributed by atoms with van der Waals surface area (Å²) in [5.74, 6) is 1.25. The minimum Gasteiger partial charge on any atom is -0.493 e. The highest BCUT2D eigenvalue weighted by molar-refractivity contribution is 5.99. The van der Waals surface area contributed by atoms with Crippen LogP contribution in [0.1, 0.15) is 21.5 Å². The van der Waals surface area contributed by atoms with E-state index in [9.17, 15) is 9.59 Å². The maximum absolute atomic E-state index is 12.3. The molecule has 0 aliphatic heterocycles. The number of methoxy groups -OCH3 is 2. The van der Waals surface area contributed by atoms with E-state index in [2.05, 4.69) is 15.6 Å². The van der Waals surface area contributed by atoms with Crippen molar-refractivity contribution in [3.63, 3.8) is 0 Å². The lowest BCUT2D eigenvalue weighted by Gasteiger charge is -2.10. The smallest absolute Gasteiger partial charge is 0.251 e. The third-order valence-electron chi connectivity index (χ3n) is 4.78. The van der Waals surface area contributed by atoms with Gasteiger partial charge in [-0.3, -0.25) is 9.59 Å². The lowest BCUT2D eigenvalue weighted by molar-refractivity contribution is -0.115. The van der Waals surface area contributed by atoms with Crippen molar-refractivity contribution < 1.29 is 23.8 Å². The quantitative estimate of drug-likeness (QED) is 0.557. The zero-order chi connectivity index (χ0) is 23.1. The molecule has 3 aromatic rings. The van der Waals surface area contributed by atoms with E-state index in [0.29, 0.717) is 34.4 Å². The van der Waals surface area contributed by atoms with E-state index >= 15 is 0 Å². The van der Waals surface area contributed by atoms with Crippen LogP contribution in [0.5, 0.6) is 23.1 Å². The van der Waals surface area contributed by atoms with Gasteiger partial charge in [-0.1, -0.05) is 6.07 Å². The van der Waals surface area contributed by atoms with Gasteiger partial charge in [-0.2, -0.15) is 0 Å². The zero-order valence-electron chi connectivity index (χ0n) is 18.4. The minimum atomic E-state index is -0.406. The van der Waals surface area contributed by atoms with Crippen molar-refractivity contribution in [3.8, 4) is 23.1 Å². The average molecular weight is 435 g/mol. The van der Waals surface area contributed by atoms with Crippen molar-refractivity contribution in [2.45, 2.75) is 13.8 Å². The van der Waals surface area contributed by atoms with Crippen LogP contribution in [0.2, 0.25) is 0 Å². The number of rotatable bonds is 8. The molecule has 0 fully saturated rings. The average Bonchev–Trinajstić information content (AvgIpc) is 2.80. The second kappa shape index (κ2) is 10.3. The summed E-state index contributed by atoms with van der Waals surface area (Å²) >= 11 is 0. The number of ether oxygens (including phenoxy) is 3. The number of anilines is 1. The fourth-order valence-electron chi connectivity index (χ4n) is 2.86. The van der Waals surface area contributed by atoms with Gasteiger partial charge in [0.2, 0.25) is 11.8 Å². The molecule has 0 atom stereocenters. The van der Waals surface area contributed by atoms with Gasteiger partial charge in [0.1, 0.15) is 5.75 Å². The van der Waals surface area contributed by atoms with Crippen LogP contribution in [0.15, 0.2) is 54.7 Å². The highest BCUT2D eigenvalue weighted by Gasteiger charge is 2.12. The van der Waals surface area contributed by atoms with Crippen molar-refractivity contribution in [3.05, 3.63) is 71.4 Å². The summed E-state index contributed by atoms with van der Waals surface area (Å²) in [6.45, 7) is 3.84. The molecule has 166 valence electrons. The molecule has 8 nitrogen and oxygen atoms in total. The first kappa shape index (κ1) is 22.6. The number of hydrogen-bond acceptors (Lipinski definition) is 6. The Morgan fingerprint density at radius 3 is 2.34 bits per heavy atom. The lowest BCUT2D eigenvalue weighted by Crippen LogP contribution is -2.32. The molecule has 0 aliphatic carbocycles. The molecular formula is C24H25N3O5. The Balaban J connectivity index is 1.52. The van der Waals surface area contributed by atoms with E-state index in [1.54, 1.807) is 30.3 Å². The van der Waals surface area contributed by atoms with E-state index in [0.717, 1.165) is 5.56 Å². The molecule has 0 aliphatic rings. The lowest BCUT2D eigenvalue weighted by atomic mass is 10.1. The number of amides is 2. The van der Waals surface area contributed by atoms with Crippen molar-refractivity contribution in [2.24, 2.45) is 0 Å². The Morgan fingerprint density at radius 2 is 1.69 bits per heavy atom. The highest BCUT2D eigenvalue weighted by Crippen LogP contribution is 2.27. The van der Waals surface area contributed by atoms with E-state index < -0.39 is 5.91 Å². The number of hydrogen-bond donors (Lipinski definition) is 2. The molecule has 0 spiro atoms. The second-order valence-electron chi connectivity index (χ2n) is 7.03. The van der Waals surface area contributed by atoms with Gasteiger partial charge in [-0.25, -0.2) is 4.98 Å². The van der Waals surface area contributed by atoms with Gasteiger partial charge >= 0.3 is 0 Å². The van der Waals surface area contributed by atoms with Crippen LogP contribution in [-0.4, -0.2) is 37.6 Å². The summed E-state index contributed by atoms with van der Waals surface area (Å²) in [7, 11) is 3.00. The zero-order valence-corrected chi connectivity index (χ0v) is 18.4. The summed E-state index contributed by atoms with van der Waals surface area (Å²) in [6.07, 6.45) is 1.49. The van der Waals surface area contributed by atoms with E-state index in [1.807, 2.05) is 32.0 Å². The van der Waals surface area contributed by atoms with Gasteiger partial charge in [0, 0.05) is 11.6 Å². The largest absolute Gasteiger partial charge is 0.493 e. The second-order valence-corrected chi connectivity index (χ2v) is 7.03. The van der Waals surface area contributed by atoms with Crippen LogP contribution >= 0.6 is 0 Å². The van der Waals surface area contributed by atoms with Gasteiger partial charge in [0.25, 0.3) is 5.91 Å². The molecule has 1 aromatic heterocycles. The maximum Gasteiger partial charge on any atom is 0.251 e. The first-order valence-corrected chi connectivity index (χ1v) is 9.91. The van der Waals surface area contributed by atoms with Gasteiger partial charge in [0.05, 0.1) is 32.6 Å². The number of pyridine rings is 1. The summed E-state index contributed by atoms with van der Waals surface area (Å²) < 4.78 is 16.1. The topological polar surface area (TPSA) is 98.8 Å². The number of aromatic nitrogens is 1. The number of benzene rings is 2. The highest BCUT2D eigenvalue weighted by atomic mass is 16.5. The number of carbonyl (C=O) groups excluding carboxylic acids is 2. The summed E-state index contributed by atoms with van der Waals surface area (Å²) in [5.41, 5.74) is 3.15. The van der Waals surface area contributed by atoms with Gasteiger partial charge in [-0.15, -0.1) is 0 Å². The standard InChI is InChI=1S/C24H25N3O5/c1-15-5-8-19(11-16(15)2)32-23-10-7-18(13-25-23)27-22(28)14-26-24(29)17-6-9-20(30-3)21(12-17)31-4/h5-13H,14H2,1-4H3,(H,26,29)(H,27,28). The Bertz CT molecular complexity index is 1110. The monoisotopic (exact) mass is 435 g/mol. The SMILES string of the molecule is COc1ccc(C(=O)NCC(=O)Nc2ccc(Oc3ccc(C)c(C)c3)nc2)cc1OC. The van der Waals surface area contributed by atoms with Crippen LogP contribution in [0, 0.1) is 13.8 Å². The molecule has 0 saturated heterocycles. The maximum atomic E-state index is 12.3. The molecular weight excluding hydrogens is 410 g/mol. The van der Waals surface area contributed by atoms with E-state index in [-0.39, 0.29) is 12.5 Å². The Labute approximate surface area is 186 Å². The molecule has 0 bridgehead atoms. The molecule has 3 rings (SSSR count). The Kier molecular flexibility index (Phi) is 7.28. The van der Waals surface area contributed by atoms with Crippen molar-refractivity contribution in [1.82, 2.24) is 10.3 Å². The molecule has 2 N–H and O–H groups in total. The number of aryl methyl sites for hydroxylation is 2. The Morgan fingerprint density at radius 1 is 0.906 bits per heavy atom. The first-order valence-electron chi connectivity index (χ1n) is 9.91. The molecule has 2 aromatic carbocycles. The van der Waals surface area contributed by atoms with E-state index in [1.165, 1.54) is 26.0 Å². The predicted molar refractivity (Wildman–Crippen MR) is 121 cm³/mol. The molecule has 0 unspecified atom stereocenters. The normalized spacial score (nSPS) is 10.2. The van der Waals surface area contributed by atoms with Crippen LogP contribution in [0.3, 0.4) is 0 Å².